The predicted molar refractivity (Wildman–Crippen MR) is 274 cm³/mol. The van der Waals surface area contributed by atoms with Crippen molar-refractivity contribution in [2.45, 2.75) is 91.2 Å². The summed E-state index contributed by atoms with van der Waals surface area (Å²) in [6.45, 7) is 11.8. The molecule has 0 bridgehead atoms. The van der Waals surface area contributed by atoms with Crippen LogP contribution in [0, 0.1) is 23.7 Å². The van der Waals surface area contributed by atoms with Gasteiger partial charge in [0.25, 0.3) is 0 Å². The summed E-state index contributed by atoms with van der Waals surface area (Å²) in [4.78, 5) is 68.5. The van der Waals surface area contributed by atoms with Gasteiger partial charge in [-0.1, -0.05) is 45.0 Å². The number of Topliss-reactive ketones (excluding diaryl/α,β-unsaturated/α-hetero) is 2. The molecule has 0 aliphatic carbocycles. The topological polar surface area (TPSA) is 152 Å². The zero-order chi connectivity index (χ0) is 48.6. The molecule has 3 saturated heterocycles. The number of fused-ring (bicyclic) bond motifs is 1. The molecule has 3 atom stereocenters. The van der Waals surface area contributed by atoms with Gasteiger partial charge in [-0.2, -0.15) is 0 Å². The summed E-state index contributed by atoms with van der Waals surface area (Å²) in [6, 6.07) is 27.3. The maximum atomic E-state index is 14.3. The van der Waals surface area contributed by atoms with Gasteiger partial charge in [0.15, 0.2) is 11.6 Å². The Kier molecular flexibility index (Phi) is 14.0. The molecule has 3 aliphatic heterocycles. The number of aromatic nitrogens is 1. The lowest BCUT2D eigenvalue weighted by molar-refractivity contribution is -0.146. The van der Waals surface area contributed by atoms with Gasteiger partial charge in [0.05, 0.1) is 34.8 Å². The molecule has 0 saturated carbocycles. The maximum Gasteiger partial charge on any atom is 0.227 e. The fourth-order valence-corrected chi connectivity index (χ4v) is 12.8. The normalized spacial score (nSPS) is 19.0. The van der Waals surface area contributed by atoms with Crippen LogP contribution in [0.1, 0.15) is 92.9 Å². The van der Waals surface area contributed by atoms with Crippen molar-refractivity contribution >= 4 is 61.7 Å². The van der Waals surface area contributed by atoms with Crippen LogP contribution in [0.2, 0.25) is 0 Å². The van der Waals surface area contributed by atoms with Gasteiger partial charge in [-0.05, 0) is 146 Å². The van der Waals surface area contributed by atoms with E-state index in [-0.39, 0.29) is 66.0 Å². The third-order valence-electron chi connectivity index (χ3n) is 15.0. The zero-order valence-corrected chi connectivity index (χ0v) is 41.6. The van der Waals surface area contributed by atoms with Crippen LogP contribution in [-0.2, 0) is 20.8 Å². The SMILES string of the molecule is Cc1ncsc1-c1ccc(CCC(=O)[C@@H]2C[C@@H](O)CN2C(=O)[C@@H](CC(=O)CN2CCC3(CC2)CCN(c2ccc(C(=O)c4c(-c5ccc(O)cc5)sc5cc(O)ccc45)cc2)CC3)C(C)(C)C)cc1. The van der Waals surface area contributed by atoms with Gasteiger partial charge in [0.1, 0.15) is 17.3 Å². The molecule has 4 aromatic carbocycles. The van der Waals surface area contributed by atoms with E-state index in [0.717, 1.165) is 99.8 Å². The Labute approximate surface area is 412 Å². The number of hydrogen-bond donors (Lipinski definition) is 3. The Morgan fingerprint density at radius 2 is 1.45 bits per heavy atom. The number of thiazole rings is 1. The van der Waals surface area contributed by atoms with E-state index >= 15 is 0 Å². The number of phenolic OH excluding ortho intramolecular Hbond substituents is 2. The highest BCUT2D eigenvalue weighted by Crippen LogP contribution is 2.44. The maximum absolute atomic E-state index is 14.3. The highest BCUT2D eigenvalue weighted by atomic mass is 32.1. The van der Waals surface area contributed by atoms with Gasteiger partial charge in [-0.3, -0.25) is 24.1 Å². The minimum absolute atomic E-state index is 0.0265. The van der Waals surface area contributed by atoms with Crippen LogP contribution in [0.4, 0.5) is 5.69 Å². The van der Waals surface area contributed by atoms with Crippen molar-refractivity contribution in [3.63, 3.8) is 0 Å². The number of aryl methyl sites for hydroxylation is 2. The predicted octanol–water partition coefficient (Wildman–Crippen LogP) is 10.1. The summed E-state index contributed by atoms with van der Waals surface area (Å²) in [5.41, 5.74) is 7.71. The van der Waals surface area contributed by atoms with Crippen molar-refractivity contribution in [1.29, 1.82) is 0 Å². The fraction of sp³-hybridized carbons (Fsp3) is 0.411. The first kappa shape index (κ1) is 48.3. The molecule has 6 aromatic rings. The molecule has 360 valence electrons. The highest BCUT2D eigenvalue weighted by Gasteiger charge is 2.45. The van der Waals surface area contributed by atoms with Crippen molar-refractivity contribution in [3.8, 4) is 32.4 Å². The molecule has 3 fully saturated rings. The van der Waals surface area contributed by atoms with Gasteiger partial charge in [0.2, 0.25) is 5.91 Å². The van der Waals surface area contributed by atoms with Crippen LogP contribution < -0.4 is 4.90 Å². The number of carbonyl (C=O) groups is 4. The third-order valence-corrected chi connectivity index (χ3v) is 17.2. The minimum atomic E-state index is -0.784. The number of phenols is 2. The average Bonchev–Trinajstić information content (AvgIpc) is 4.07. The lowest BCUT2D eigenvalue weighted by atomic mass is 9.71. The molecule has 5 heterocycles. The molecule has 9 rings (SSSR count). The van der Waals surface area contributed by atoms with Crippen molar-refractivity contribution in [3.05, 3.63) is 119 Å². The number of β-amino-alcohol motifs (C(OH)–C–C–N with tert-alkyl or cyclic N) is 1. The van der Waals surface area contributed by atoms with E-state index in [4.69, 9.17) is 0 Å². The quantitative estimate of drug-likeness (QED) is 0.0900. The van der Waals surface area contributed by atoms with E-state index in [2.05, 4.69) is 26.9 Å². The van der Waals surface area contributed by atoms with Crippen LogP contribution in [0.25, 0.3) is 31.0 Å². The molecule has 0 unspecified atom stereocenters. The number of anilines is 1. The van der Waals surface area contributed by atoms with E-state index < -0.39 is 23.5 Å². The molecule has 1 spiro atoms. The van der Waals surface area contributed by atoms with Gasteiger partial charge < -0.3 is 25.1 Å². The average molecular weight is 967 g/mol. The summed E-state index contributed by atoms with van der Waals surface area (Å²) >= 11 is 3.05. The van der Waals surface area contributed by atoms with E-state index in [0.29, 0.717) is 24.1 Å². The number of rotatable bonds is 14. The van der Waals surface area contributed by atoms with Crippen LogP contribution in [-0.4, -0.2) is 105 Å². The highest BCUT2D eigenvalue weighted by molar-refractivity contribution is 7.22. The molecule has 3 N–H and O–H groups in total. The number of nitrogens with zero attached hydrogens (tertiary/aromatic N) is 4. The number of amides is 1. The summed E-state index contributed by atoms with van der Waals surface area (Å²) in [7, 11) is 0. The first-order chi connectivity index (χ1) is 33.0. The van der Waals surface area contributed by atoms with Gasteiger partial charge in [-0.25, -0.2) is 4.98 Å². The van der Waals surface area contributed by atoms with E-state index in [1.165, 1.54) is 11.3 Å². The molecule has 1 amide bonds. The number of ketones is 3. The number of aliphatic hydroxyl groups is 1. The minimum Gasteiger partial charge on any atom is -0.508 e. The number of carbonyl (C=O) groups excluding carboxylic acids is 4. The second-order valence-electron chi connectivity index (χ2n) is 20.7. The molecule has 13 heteroatoms. The summed E-state index contributed by atoms with van der Waals surface area (Å²) in [6.07, 6.45) is 4.42. The first-order valence-electron chi connectivity index (χ1n) is 24.2. The van der Waals surface area contributed by atoms with Crippen molar-refractivity contribution in [2.24, 2.45) is 16.7 Å². The summed E-state index contributed by atoms with van der Waals surface area (Å²) < 4.78 is 0.815. The number of hydrogen-bond acceptors (Lipinski definition) is 12. The third kappa shape index (κ3) is 10.6. The van der Waals surface area contributed by atoms with E-state index in [1.807, 2.05) is 69.6 Å². The molecule has 11 nitrogen and oxygen atoms in total. The van der Waals surface area contributed by atoms with Gasteiger partial charge in [0, 0.05) is 76.6 Å². The first-order valence-corrected chi connectivity index (χ1v) is 25.9. The van der Waals surface area contributed by atoms with Crippen molar-refractivity contribution in [1.82, 2.24) is 14.8 Å². The number of aromatic hydroxyl groups is 2. The zero-order valence-electron chi connectivity index (χ0n) is 39.9. The standard InChI is InChI=1S/C56H62N4O7S2/c1-35-52(68-34-57-35)38-8-5-36(6-9-38)7-20-48(65)47-30-44(64)33-60(47)54(67)46(55(2,3)4)29-43(63)32-58-25-21-56(22-26-58)23-27-59(28-24-56)40-14-10-37(11-15-40)51(66)50-45-19-18-42(62)31-49(45)69-53(50)39-12-16-41(61)17-13-39/h5-6,8-19,31,34,44,46-47,61-62,64H,7,20-30,32-33H2,1-4H3/t44-,46-,47+/m1/s1. The molecule has 0 radical (unpaired) electrons. The van der Waals surface area contributed by atoms with Crippen LogP contribution >= 0.6 is 22.7 Å². The Hall–Kier alpha value is -5.73. The molecular weight excluding hydrogens is 905 g/mol. The Morgan fingerprint density at radius 3 is 2.10 bits per heavy atom. The number of benzene rings is 4. The number of likely N-dealkylation sites (tertiary alicyclic amines) is 2. The van der Waals surface area contributed by atoms with Crippen molar-refractivity contribution in [2.75, 3.05) is 44.2 Å². The van der Waals surface area contributed by atoms with Gasteiger partial charge in [-0.15, -0.1) is 22.7 Å². The van der Waals surface area contributed by atoms with Crippen LogP contribution in [0.3, 0.4) is 0 Å². The molecule has 2 aromatic heterocycles. The Bertz CT molecular complexity index is 2830. The monoisotopic (exact) mass is 966 g/mol. The van der Waals surface area contributed by atoms with Crippen molar-refractivity contribution < 1.29 is 34.5 Å². The Balaban J connectivity index is 0.764. The number of piperidine rings is 2. The Morgan fingerprint density at radius 1 is 0.812 bits per heavy atom. The number of aliphatic hydroxyl groups excluding tert-OH is 1. The lowest BCUT2D eigenvalue weighted by Crippen LogP contribution is -2.49. The van der Waals surface area contributed by atoms with E-state index in [1.54, 1.807) is 58.7 Å². The summed E-state index contributed by atoms with van der Waals surface area (Å²) in [5.74, 6) is -0.677. The second kappa shape index (κ2) is 19.9. The summed E-state index contributed by atoms with van der Waals surface area (Å²) in [5, 5.41) is 31.6. The smallest absolute Gasteiger partial charge is 0.227 e. The lowest BCUT2D eigenvalue weighted by Gasteiger charge is -2.47. The number of thiophene rings is 1. The van der Waals surface area contributed by atoms with Crippen LogP contribution in [0.15, 0.2) is 96.5 Å². The van der Waals surface area contributed by atoms with E-state index in [9.17, 15) is 34.5 Å². The van der Waals surface area contributed by atoms with Crippen LogP contribution in [0.5, 0.6) is 11.5 Å². The molecular formula is C56H62N4O7S2. The molecule has 3 aliphatic rings. The largest absolute Gasteiger partial charge is 0.508 e. The second-order valence-corrected chi connectivity index (χ2v) is 22.6. The fourth-order valence-electron chi connectivity index (χ4n) is 10.7. The molecule has 69 heavy (non-hydrogen) atoms. The van der Waals surface area contributed by atoms with Gasteiger partial charge >= 0.3 is 0 Å².